The van der Waals surface area contributed by atoms with Gasteiger partial charge in [-0.05, 0) is 68.6 Å². The summed E-state index contributed by atoms with van der Waals surface area (Å²) in [6.45, 7) is 4.67. The second-order valence-corrected chi connectivity index (χ2v) is 13.1. The molecule has 1 aliphatic carbocycles. The van der Waals surface area contributed by atoms with Crippen LogP contribution in [0.1, 0.15) is 67.4 Å². The molecule has 1 saturated carbocycles. The summed E-state index contributed by atoms with van der Waals surface area (Å²) in [7, 11) is -1.96. The fourth-order valence-electron chi connectivity index (χ4n) is 5.47. The molecule has 8 nitrogen and oxygen atoms in total. The lowest BCUT2D eigenvalue weighted by Crippen LogP contribution is -2.49. The Hall–Kier alpha value is -2.90. The van der Waals surface area contributed by atoms with Crippen LogP contribution in [0.2, 0.25) is 0 Å². The highest BCUT2D eigenvalue weighted by Crippen LogP contribution is 2.34. The molecule has 2 N–H and O–H groups in total. The monoisotopic (exact) mass is 568 g/mol. The molecule has 0 saturated heterocycles. The number of aromatic carboxylic acids is 1. The molecule has 40 heavy (non-hydrogen) atoms. The summed E-state index contributed by atoms with van der Waals surface area (Å²) in [5.74, 6) is 6.27. The van der Waals surface area contributed by atoms with E-state index >= 15 is 0 Å². The van der Waals surface area contributed by atoms with Crippen LogP contribution in [-0.2, 0) is 16.6 Å². The van der Waals surface area contributed by atoms with E-state index in [2.05, 4.69) is 16.7 Å². The molecule has 2 aromatic rings. The molecule has 0 spiro atoms. The number of carbonyl (C=O) groups is 1. The third-order valence-electron chi connectivity index (χ3n) is 7.91. The average Bonchev–Trinajstić information content (AvgIpc) is 3.44. The van der Waals surface area contributed by atoms with E-state index in [-0.39, 0.29) is 41.4 Å². The Labute approximate surface area is 238 Å². The number of benzene rings is 2. The van der Waals surface area contributed by atoms with Gasteiger partial charge < -0.3 is 14.9 Å². The van der Waals surface area contributed by atoms with Gasteiger partial charge in [0.1, 0.15) is 16.7 Å². The number of fused-ring (bicyclic) bond motifs is 1. The number of aliphatic hydroxyl groups excluding tert-OH is 1. The molecule has 0 bridgehead atoms. The topological polar surface area (TPSA) is 107 Å². The number of hydrogen-bond acceptors (Lipinski definition) is 6. The van der Waals surface area contributed by atoms with Gasteiger partial charge in [-0.15, -0.1) is 0 Å². The Bertz CT molecular complexity index is 1340. The van der Waals surface area contributed by atoms with E-state index in [1.807, 2.05) is 14.0 Å². The van der Waals surface area contributed by atoms with Gasteiger partial charge in [-0.1, -0.05) is 43.7 Å². The molecule has 1 aliphatic heterocycles. The highest BCUT2D eigenvalue weighted by molar-refractivity contribution is 7.89. The van der Waals surface area contributed by atoms with E-state index in [1.54, 1.807) is 49.4 Å². The SMILES string of the molecule is C[C@@H]1CN([C@H](C)CO)S(=O)(=O)c2ccc(C#CCC3CCCC3)cc2O[C@H]1CN(C)Cc1ccc(C(=O)O)cc1. The predicted molar refractivity (Wildman–Crippen MR) is 154 cm³/mol. The number of aliphatic hydroxyl groups is 1. The molecule has 2 aromatic carbocycles. The van der Waals surface area contributed by atoms with Crippen LogP contribution in [0.15, 0.2) is 47.4 Å². The molecule has 4 rings (SSSR count). The van der Waals surface area contributed by atoms with E-state index in [9.17, 15) is 18.3 Å². The normalized spacial score (nSPS) is 21.9. The molecule has 0 unspecified atom stereocenters. The minimum absolute atomic E-state index is 0.0814. The Morgan fingerprint density at radius 2 is 1.88 bits per heavy atom. The predicted octanol–water partition coefficient (Wildman–Crippen LogP) is 4.22. The largest absolute Gasteiger partial charge is 0.487 e. The molecule has 9 heteroatoms. The van der Waals surface area contributed by atoms with Crippen molar-refractivity contribution in [3.8, 4) is 17.6 Å². The zero-order valence-corrected chi connectivity index (χ0v) is 24.4. The summed E-state index contributed by atoms with van der Waals surface area (Å²) in [5.41, 5.74) is 1.92. The van der Waals surface area contributed by atoms with Gasteiger partial charge in [0.25, 0.3) is 0 Å². The first kappa shape index (κ1) is 30.1. The Balaban J connectivity index is 1.60. The van der Waals surface area contributed by atoms with Gasteiger partial charge in [-0.2, -0.15) is 4.31 Å². The Morgan fingerprint density at radius 3 is 2.52 bits per heavy atom. The standard InChI is InChI=1S/C31H40N2O6S/c1-22-18-33(23(2)21-34)40(37,38)30-16-13-25(10-6-9-24-7-4-5-8-24)17-28(30)39-29(22)20-32(3)19-26-11-14-27(15-12-26)31(35)36/h11-17,22-24,29,34H,4-5,7-9,18-21H2,1-3H3,(H,35,36)/t22-,23-,29+/m1/s1. The number of carboxylic acid groups (broad SMARTS) is 1. The average molecular weight is 569 g/mol. The second kappa shape index (κ2) is 13.2. The molecule has 216 valence electrons. The molecular formula is C31H40N2O6S. The van der Waals surface area contributed by atoms with Crippen LogP contribution in [0.5, 0.6) is 5.75 Å². The van der Waals surface area contributed by atoms with Gasteiger partial charge in [0.15, 0.2) is 0 Å². The lowest BCUT2D eigenvalue weighted by molar-refractivity contribution is 0.0697. The zero-order valence-electron chi connectivity index (χ0n) is 23.5. The summed E-state index contributed by atoms with van der Waals surface area (Å²) in [6, 6.07) is 11.2. The Morgan fingerprint density at radius 1 is 1.18 bits per heavy atom. The second-order valence-electron chi connectivity index (χ2n) is 11.3. The molecule has 3 atom stereocenters. The molecule has 1 fully saturated rings. The molecule has 2 aliphatic rings. The highest BCUT2D eigenvalue weighted by atomic mass is 32.2. The summed E-state index contributed by atoms with van der Waals surface area (Å²) in [6.07, 6.45) is 5.47. The summed E-state index contributed by atoms with van der Waals surface area (Å²) < 4.78 is 35.3. The van der Waals surface area contributed by atoms with Crippen molar-refractivity contribution in [2.24, 2.45) is 11.8 Å². The summed E-state index contributed by atoms with van der Waals surface area (Å²) >= 11 is 0. The van der Waals surface area contributed by atoms with Crippen molar-refractivity contribution in [1.29, 1.82) is 0 Å². The van der Waals surface area contributed by atoms with Crippen molar-refractivity contribution < 1.29 is 28.2 Å². The van der Waals surface area contributed by atoms with Crippen molar-refractivity contribution in [3.05, 3.63) is 59.2 Å². The lowest BCUT2D eigenvalue weighted by atomic mass is 10.0. The fourth-order valence-corrected chi connectivity index (χ4v) is 7.30. The van der Waals surface area contributed by atoms with Gasteiger partial charge in [0.05, 0.1) is 12.2 Å². The van der Waals surface area contributed by atoms with Crippen LogP contribution in [0.25, 0.3) is 0 Å². The molecule has 0 amide bonds. The van der Waals surface area contributed by atoms with E-state index in [4.69, 9.17) is 9.84 Å². The van der Waals surface area contributed by atoms with E-state index in [1.165, 1.54) is 30.0 Å². The number of likely N-dealkylation sites (N-methyl/N-ethyl adjacent to an activating group) is 1. The lowest BCUT2D eigenvalue weighted by Gasteiger charge is -2.37. The van der Waals surface area contributed by atoms with Crippen molar-refractivity contribution in [1.82, 2.24) is 9.21 Å². The van der Waals surface area contributed by atoms with E-state index in [0.29, 0.717) is 24.6 Å². The van der Waals surface area contributed by atoms with Crippen LogP contribution in [0.4, 0.5) is 0 Å². The molecule has 1 heterocycles. The molecular weight excluding hydrogens is 528 g/mol. The van der Waals surface area contributed by atoms with Crippen molar-refractivity contribution >= 4 is 16.0 Å². The number of hydrogen-bond donors (Lipinski definition) is 2. The highest BCUT2D eigenvalue weighted by Gasteiger charge is 2.38. The number of nitrogens with zero attached hydrogens (tertiary/aromatic N) is 2. The van der Waals surface area contributed by atoms with Crippen LogP contribution in [-0.4, -0.2) is 72.7 Å². The van der Waals surface area contributed by atoms with Crippen LogP contribution < -0.4 is 4.74 Å². The summed E-state index contributed by atoms with van der Waals surface area (Å²) in [4.78, 5) is 13.3. The maximum Gasteiger partial charge on any atom is 0.335 e. The molecule has 0 aromatic heterocycles. The Kier molecular flexibility index (Phi) is 9.90. The summed E-state index contributed by atoms with van der Waals surface area (Å²) in [5, 5.41) is 19.0. The minimum Gasteiger partial charge on any atom is -0.487 e. The maximum absolute atomic E-state index is 13.7. The van der Waals surface area contributed by atoms with Gasteiger partial charge in [0, 0.05) is 43.6 Å². The van der Waals surface area contributed by atoms with Gasteiger partial charge >= 0.3 is 5.97 Å². The quantitative estimate of drug-likeness (QED) is 0.459. The number of sulfonamides is 1. The van der Waals surface area contributed by atoms with Crippen molar-refractivity contribution in [2.45, 2.75) is 69.5 Å². The number of ether oxygens (including phenoxy) is 1. The van der Waals surface area contributed by atoms with Gasteiger partial charge in [-0.3, -0.25) is 4.90 Å². The first-order chi connectivity index (χ1) is 19.1. The number of rotatable bonds is 8. The number of carboxylic acids is 1. The molecule has 0 radical (unpaired) electrons. The van der Waals surface area contributed by atoms with Crippen LogP contribution >= 0.6 is 0 Å². The first-order valence-corrected chi connectivity index (χ1v) is 15.5. The van der Waals surface area contributed by atoms with Gasteiger partial charge in [-0.25, -0.2) is 13.2 Å². The van der Waals surface area contributed by atoms with Crippen molar-refractivity contribution in [2.75, 3.05) is 26.7 Å². The zero-order chi connectivity index (χ0) is 28.9. The first-order valence-electron chi connectivity index (χ1n) is 14.0. The minimum atomic E-state index is -3.91. The third kappa shape index (κ3) is 7.24. The van der Waals surface area contributed by atoms with Crippen molar-refractivity contribution in [3.63, 3.8) is 0 Å². The smallest absolute Gasteiger partial charge is 0.335 e. The van der Waals surface area contributed by atoms with Gasteiger partial charge in [0.2, 0.25) is 10.0 Å². The van der Waals surface area contributed by atoms with Crippen LogP contribution in [0.3, 0.4) is 0 Å². The van der Waals surface area contributed by atoms with E-state index < -0.39 is 22.0 Å². The van der Waals surface area contributed by atoms with Crippen LogP contribution in [0, 0.1) is 23.7 Å². The third-order valence-corrected chi connectivity index (χ3v) is 9.93. The maximum atomic E-state index is 13.7. The fraction of sp³-hybridized carbons (Fsp3) is 0.516. The van der Waals surface area contributed by atoms with E-state index in [0.717, 1.165) is 12.0 Å².